The van der Waals surface area contributed by atoms with Crippen LogP contribution in [0.4, 0.5) is 0 Å². The lowest BCUT2D eigenvalue weighted by Crippen LogP contribution is -2.43. The molecule has 2 aliphatic rings. The molecular weight excluding hydrogens is 492 g/mol. The number of esters is 1. The molecule has 0 fully saturated rings. The van der Waals surface area contributed by atoms with E-state index in [1.54, 1.807) is 21.3 Å². The lowest BCUT2D eigenvalue weighted by molar-refractivity contribution is -0.150. The minimum absolute atomic E-state index is 0.0148. The van der Waals surface area contributed by atoms with Gasteiger partial charge in [-0.1, -0.05) is 42.0 Å². The van der Waals surface area contributed by atoms with Crippen molar-refractivity contribution in [2.24, 2.45) is 11.8 Å². The monoisotopic (exact) mass is 520 g/mol. The molecule has 192 valence electrons. The van der Waals surface area contributed by atoms with Gasteiger partial charge in [-0.15, -0.1) is 11.6 Å². The molecule has 0 amide bonds. The number of hydrogen-bond donors (Lipinski definition) is 0. The van der Waals surface area contributed by atoms with Gasteiger partial charge in [0, 0.05) is 29.7 Å². The van der Waals surface area contributed by atoms with E-state index >= 15 is 0 Å². The first-order chi connectivity index (χ1) is 18.0. The molecule has 3 atom stereocenters. The van der Waals surface area contributed by atoms with E-state index in [0.717, 1.165) is 33.0 Å². The molecule has 0 spiro atoms. The van der Waals surface area contributed by atoms with Crippen LogP contribution in [0.3, 0.4) is 0 Å². The number of hydrogen-bond acceptors (Lipinski definition) is 6. The number of Topliss-reactive ketones (excluding diaryl/α,β-unsaturated/α-hetero) is 1. The second kappa shape index (κ2) is 10.1. The standard InChI is InChI=1S/C30H29ClO6/c1-34-24-12-18(13-25(35-2)29(24)36-3)26-21-14-20-17(10-9-16-7-5-6-8-19(16)20)11-22(21)28(32)23(15-31)27(26)30(33)37-4/h5-10,12-13,23,26-27H,11,14-15H2,1-4H3/t23-,26-,27-/m1/s1. The predicted octanol–water partition coefficient (Wildman–Crippen LogP) is 5.27. The van der Waals surface area contributed by atoms with Crippen molar-refractivity contribution in [2.45, 2.75) is 18.8 Å². The quantitative estimate of drug-likeness (QED) is 0.326. The number of carbonyl (C=O) groups is 2. The molecule has 6 nitrogen and oxygen atoms in total. The zero-order valence-electron chi connectivity index (χ0n) is 21.3. The Morgan fingerprint density at radius 1 is 0.946 bits per heavy atom. The summed E-state index contributed by atoms with van der Waals surface area (Å²) in [4.78, 5) is 27.1. The van der Waals surface area contributed by atoms with Crippen molar-refractivity contribution in [2.75, 3.05) is 34.3 Å². The number of rotatable bonds is 6. The summed E-state index contributed by atoms with van der Waals surface area (Å²) in [5.41, 5.74) is 4.73. The summed E-state index contributed by atoms with van der Waals surface area (Å²) in [6.07, 6.45) is 1.04. The summed E-state index contributed by atoms with van der Waals surface area (Å²) in [6, 6.07) is 16.1. The van der Waals surface area contributed by atoms with Gasteiger partial charge in [0.05, 0.1) is 34.4 Å². The number of allylic oxidation sites excluding steroid dienone is 2. The number of benzene rings is 3. The fourth-order valence-corrected chi connectivity index (χ4v) is 6.36. The van der Waals surface area contributed by atoms with Crippen LogP contribution < -0.4 is 14.2 Å². The first kappa shape index (κ1) is 25.2. The summed E-state index contributed by atoms with van der Waals surface area (Å²) < 4.78 is 22.0. The number of halogens is 1. The van der Waals surface area contributed by atoms with E-state index in [4.69, 9.17) is 30.5 Å². The van der Waals surface area contributed by atoms with Crippen molar-refractivity contribution in [1.82, 2.24) is 0 Å². The van der Waals surface area contributed by atoms with E-state index in [2.05, 4.69) is 24.3 Å². The maximum atomic E-state index is 13.8. The van der Waals surface area contributed by atoms with Gasteiger partial charge in [-0.2, -0.15) is 0 Å². The summed E-state index contributed by atoms with van der Waals surface area (Å²) >= 11 is 6.38. The van der Waals surface area contributed by atoms with Crippen molar-refractivity contribution in [3.05, 3.63) is 76.4 Å². The molecule has 0 heterocycles. The van der Waals surface area contributed by atoms with Crippen LogP contribution in [0.1, 0.15) is 22.6 Å². The van der Waals surface area contributed by atoms with Gasteiger partial charge in [0.2, 0.25) is 5.75 Å². The molecule has 3 aromatic rings. The fraction of sp³-hybridized carbons (Fsp3) is 0.333. The Labute approximate surface area is 221 Å². The highest BCUT2D eigenvalue weighted by molar-refractivity contribution is 6.21. The number of carbonyl (C=O) groups excluding carboxylic acids is 2. The lowest BCUT2D eigenvalue weighted by atomic mass is 9.62. The van der Waals surface area contributed by atoms with Gasteiger partial charge in [-0.3, -0.25) is 9.59 Å². The molecule has 0 bridgehead atoms. The summed E-state index contributed by atoms with van der Waals surface area (Å²) in [5.74, 6) is -1.07. The van der Waals surface area contributed by atoms with Crippen molar-refractivity contribution < 1.29 is 28.5 Å². The summed E-state index contributed by atoms with van der Waals surface area (Å²) in [5, 5.41) is 2.29. The molecule has 0 N–H and O–H groups in total. The Kier molecular flexibility index (Phi) is 6.86. The van der Waals surface area contributed by atoms with E-state index in [1.165, 1.54) is 12.7 Å². The number of fused-ring (bicyclic) bond motifs is 3. The molecule has 0 saturated heterocycles. The molecule has 2 aliphatic carbocycles. The van der Waals surface area contributed by atoms with Crippen LogP contribution in [-0.2, 0) is 27.2 Å². The van der Waals surface area contributed by atoms with Crippen LogP contribution in [0.25, 0.3) is 10.8 Å². The van der Waals surface area contributed by atoms with Gasteiger partial charge in [-0.25, -0.2) is 0 Å². The van der Waals surface area contributed by atoms with E-state index in [-0.39, 0.29) is 11.7 Å². The third-order valence-corrected chi connectivity index (χ3v) is 8.08. The van der Waals surface area contributed by atoms with Gasteiger partial charge in [0.15, 0.2) is 17.3 Å². The molecule has 0 unspecified atom stereocenters. The zero-order valence-corrected chi connectivity index (χ0v) is 22.1. The van der Waals surface area contributed by atoms with Crippen molar-refractivity contribution in [3.63, 3.8) is 0 Å². The number of methoxy groups -OCH3 is 4. The molecular formula is C30H29ClO6. The Morgan fingerprint density at radius 3 is 2.27 bits per heavy atom. The van der Waals surface area contributed by atoms with Gasteiger partial charge in [0.1, 0.15) is 0 Å². The predicted molar refractivity (Wildman–Crippen MR) is 142 cm³/mol. The second-order valence-corrected chi connectivity index (χ2v) is 9.70. The number of ketones is 1. The van der Waals surface area contributed by atoms with Gasteiger partial charge >= 0.3 is 5.97 Å². The topological polar surface area (TPSA) is 71.1 Å². The van der Waals surface area contributed by atoms with Crippen molar-refractivity contribution in [3.8, 4) is 17.2 Å². The van der Waals surface area contributed by atoms with Crippen molar-refractivity contribution >= 4 is 34.1 Å². The fourth-order valence-electron chi connectivity index (χ4n) is 6.03. The number of ether oxygens (including phenoxy) is 4. The Morgan fingerprint density at radius 2 is 1.65 bits per heavy atom. The highest BCUT2D eigenvalue weighted by Crippen LogP contribution is 2.51. The van der Waals surface area contributed by atoms with Gasteiger partial charge in [-0.05, 0) is 46.0 Å². The molecule has 0 aliphatic heterocycles. The summed E-state index contributed by atoms with van der Waals surface area (Å²) in [7, 11) is 6.00. The highest BCUT2D eigenvalue weighted by atomic mass is 35.5. The third-order valence-electron chi connectivity index (χ3n) is 7.75. The minimum atomic E-state index is -0.784. The van der Waals surface area contributed by atoms with Gasteiger partial charge < -0.3 is 18.9 Å². The first-order valence-electron chi connectivity index (χ1n) is 12.2. The van der Waals surface area contributed by atoms with E-state index in [9.17, 15) is 9.59 Å². The lowest BCUT2D eigenvalue weighted by Gasteiger charge is -2.41. The normalized spacial score (nSPS) is 20.8. The molecule has 7 heteroatoms. The molecule has 3 aromatic carbocycles. The second-order valence-electron chi connectivity index (χ2n) is 9.39. The maximum Gasteiger partial charge on any atom is 0.310 e. The minimum Gasteiger partial charge on any atom is -0.493 e. The Hall–Kier alpha value is -3.51. The molecule has 0 radical (unpaired) electrons. The molecule has 0 saturated carbocycles. The average molecular weight is 521 g/mol. The van der Waals surface area contributed by atoms with Crippen LogP contribution in [0.2, 0.25) is 0 Å². The van der Waals surface area contributed by atoms with Crippen LogP contribution >= 0.6 is 11.6 Å². The van der Waals surface area contributed by atoms with E-state index in [1.807, 2.05) is 24.3 Å². The van der Waals surface area contributed by atoms with Crippen LogP contribution in [0, 0.1) is 11.8 Å². The van der Waals surface area contributed by atoms with Crippen molar-refractivity contribution in [1.29, 1.82) is 0 Å². The smallest absolute Gasteiger partial charge is 0.310 e. The Bertz CT molecular complexity index is 1400. The molecule has 5 rings (SSSR count). The summed E-state index contributed by atoms with van der Waals surface area (Å²) in [6.45, 7) is 0. The largest absolute Gasteiger partial charge is 0.493 e. The third kappa shape index (κ3) is 4.04. The average Bonchev–Trinajstić information content (AvgIpc) is 2.94. The maximum absolute atomic E-state index is 13.8. The zero-order chi connectivity index (χ0) is 26.3. The first-order valence-corrected chi connectivity index (χ1v) is 12.7. The van der Waals surface area contributed by atoms with E-state index < -0.39 is 23.7 Å². The van der Waals surface area contributed by atoms with Crippen LogP contribution in [0.5, 0.6) is 17.2 Å². The van der Waals surface area contributed by atoms with Crippen LogP contribution in [-0.4, -0.2) is 46.1 Å². The number of alkyl halides is 1. The molecule has 37 heavy (non-hydrogen) atoms. The van der Waals surface area contributed by atoms with E-state index in [0.29, 0.717) is 30.1 Å². The van der Waals surface area contributed by atoms with Gasteiger partial charge in [0.25, 0.3) is 0 Å². The highest BCUT2D eigenvalue weighted by Gasteiger charge is 2.49. The SMILES string of the molecule is COC(=O)[C@@H]1[C@@H](CCl)C(=O)C2=C(Cc3c(ccc4ccccc34)C2)[C@H]1c1cc(OC)c(OC)c(OC)c1. The Balaban J connectivity index is 1.77. The van der Waals surface area contributed by atoms with Crippen LogP contribution in [0.15, 0.2) is 59.7 Å². The molecule has 0 aromatic heterocycles.